The molecule has 1 saturated heterocycles. The maximum absolute atomic E-state index is 14.7. The zero-order chi connectivity index (χ0) is 22.1. The van der Waals surface area contributed by atoms with Gasteiger partial charge >= 0.3 is 12.3 Å². The molecular weight excluding hydrogens is 404 g/mol. The number of amides is 1. The quantitative estimate of drug-likeness (QED) is 0.668. The third-order valence-corrected chi connectivity index (χ3v) is 4.47. The van der Waals surface area contributed by atoms with Crippen molar-refractivity contribution in [3.8, 4) is 11.3 Å². The number of alkyl halides is 3. The Balaban J connectivity index is 1.84. The smallest absolute Gasteiger partial charge is 0.419 e. The Kier molecular flexibility index (Phi) is 5.87. The highest BCUT2D eigenvalue weighted by Gasteiger charge is 2.36. The van der Waals surface area contributed by atoms with Crippen LogP contribution in [0, 0.1) is 5.82 Å². The van der Waals surface area contributed by atoms with E-state index in [4.69, 9.17) is 4.74 Å². The normalized spacial score (nSPS) is 15.3. The fourth-order valence-electron chi connectivity index (χ4n) is 3.11. The van der Waals surface area contributed by atoms with Crippen LogP contribution in [0.2, 0.25) is 0 Å². The van der Waals surface area contributed by atoms with Crippen LogP contribution < -0.4 is 4.90 Å². The first-order valence-electron chi connectivity index (χ1n) is 9.37. The van der Waals surface area contributed by atoms with E-state index in [1.807, 2.05) is 0 Å². The van der Waals surface area contributed by atoms with Crippen molar-refractivity contribution >= 4 is 11.9 Å². The van der Waals surface area contributed by atoms with Crippen LogP contribution >= 0.6 is 0 Å². The molecule has 0 spiro atoms. The van der Waals surface area contributed by atoms with Gasteiger partial charge in [-0.1, -0.05) is 6.07 Å². The maximum atomic E-state index is 14.7. The summed E-state index contributed by atoms with van der Waals surface area (Å²) >= 11 is 0. The number of aromatic nitrogens is 2. The molecule has 30 heavy (non-hydrogen) atoms. The van der Waals surface area contributed by atoms with E-state index >= 15 is 0 Å². The Labute approximate surface area is 171 Å². The van der Waals surface area contributed by atoms with Crippen LogP contribution in [0.3, 0.4) is 0 Å². The molecule has 3 rings (SSSR count). The van der Waals surface area contributed by atoms with Crippen LogP contribution in [0.15, 0.2) is 30.6 Å². The predicted molar refractivity (Wildman–Crippen MR) is 102 cm³/mol. The summed E-state index contributed by atoms with van der Waals surface area (Å²) in [7, 11) is 0. The number of nitrogens with zero attached hydrogens (tertiary/aromatic N) is 4. The molecule has 1 amide bonds. The van der Waals surface area contributed by atoms with Gasteiger partial charge in [-0.05, 0) is 32.9 Å². The molecule has 1 aliphatic heterocycles. The highest BCUT2D eigenvalue weighted by atomic mass is 19.4. The third-order valence-electron chi connectivity index (χ3n) is 4.47. The minimum atomic E-state index is -4.82. The summed E-state index contributed by atoms with van der Waals surface area (Å²) in [5.41, 5.74) is -2.23. The van der Waals surface area contributed by atoms with Gasteiger partial charge in [0, 0.05) is 44.1 Å². The van der Waals surface area contributed by atoms with Crippen LogP contribution in [-0.2, 0) is 10.9 Å². The fraction of sp³-hybridized carbons (Fsp3) is 0.450. The lowest BCUT2D eigenvalue weighted by atomic mass is 10.1. The van der Waals surface area contributed by atoms with Gasteiger partial charge in [0.05, 0.1) is 5.56 Å². The Morgan fingerprint density at radius 1 is 1.03 bits per heavy atom. The van der Waals surface area contributed by atoms with Crippen molar-refractivity contribution in [3.63, 3.8) is 0 Å². The second kappa shape index (κ2) is 8.08. The molecule has 0 aliphatic carbocycles. The van der Waals surface area contributed by atoms with E-state index in [1.54, 1.807) is 30.6 Å². The van der Waals surface area contributed by atoms with Gasteiger partial charge in [-0.25, -0.2) is 14.2 Å². The Morgan fingerprint density at radius 3 is 2.27 bits per heavy atom. The van der Waals surface area contributed by atoms with Gasteiger partial charge in [0.2, 0.25) is 0 Å². The molecule has 0 radical (unpaired) electrons. The first-order chi connectivity index (χ1) is 14.0. The number of rotatable bonds is 2. The molecule has 2 heterocycles. The van der Waals surface area contributed by atoms with Crippen molar-refractivity contribution in [2.45, 2.75) is 32.5 Å². The third kappa shape index (κ3) is 4.80. The van der Waals surface area contributed by atoms with Gasteiger partial charge in [-0.15, -0.1) is 0 Å². The van der Waals surface area contributed by atoms with Gasteiger partial charge in [0.25, 0.3) is 0 Å². The molecule has 6 nitrogen and oxygen atoms in total. The van der Waals surface area contributed by atoms with Crippen LogP contribution in [-0.4, -0.2) is 52.7 Å². The predicted octanol–water partition coefficient (Wildman–Crippen LogP) is 4.36. The molecular formula is C20H22F4N4O2. The Hall–Kier alpha value is -2.91. The summed E-state index contributed by atoms with van der Waals surface area (Å²) in [4.78, 5) is 23.8. The number of halogens is 4. The van der Waals surface area contributed by atoms with Gasteiger partial charge in [-0.2, -0.15) is 13.2 Å². The molecule has 1 aromatic heterocycles. The Morgan fingerprint density at radius 2 is 1.67 bits per heavy atom. The fourth-order valence-corrected chi connectivity index (χ4v) is 3.11. The second-order valence-corrected chi connectivity index (χ2v) is 7.85. The molecule has 0 bridgehead atoms. The first kappa shape index (κ1) is 21.8. The number of ether oxygens (including phenoxy) is 1. The lowest BCUT2D eigenvalue weighted by molar-refractivity contribution is -0.139. The van der Waals surface area contributed by atoms with Crippen molar-refractivity contribution in [2.75, 3.05) is 31.1 Å². The number of hydrogen-bond acceptors (Lipinski definition) is 5. The van der Waals surface area contributed by atoms with Crippen LogP contribution in [0.1, 0.15) is 26.3 Å². The first-order valence-corrected chi connectivity index (χ1v) is 9.37. The van der Waals surface area contributed by atoms with Crippen molar-refractivity contribution in [2.24, 2.45) is 0 Å². The highest BCUT2D eigenvalue weighted by Crippen LogP contribution is 2.37. The van der Waals surface area contributed by atoms with E-state index < -0.39 is 29.3 Å². The summed E-state index contributed by atoms with van der Waals surface area (Å²) in [6.45, 7) is 6.69. The largest absolute Gasteiger partial charge is 0.444 e. The summed E-state index contributed by atoms with van der Waals surface area (Å²) in [5, 5.41) is 0. The molecule has 1 aliphatic rings. The zero-order valence-corrected chi connectivity index (χ0v) is 16.8. The monoisotopic (exact) mass is 426 g/mol. The number of carbonyl (C=O) groups is 1. The van der Waals surface area contributed by atoms with E-state index in [0.29, 0.717) is 32.2 Å². The summed E-state index contributed by atoms with van der Waals surface area (Å²) in [5.74, 6) is -1.13. The SMILES string of the molecule is CC(C)(C)OC(=O)N1CCN(c2nccnc2-c2cccc(C(F)(F)F)c2F)CC1. The van der Waals surface area contributed by atoms with Crippen molar-refractivity contribution in [1.29, 1.82) is 0 Å². The van der Waals surface area contributed by atoms with Gasteiger partial charge < -0.3 is 14.5 Å². The average molecular weight is 426 g/mol. The van der Waals surface area contributed by atoms with Crippen molar-refractivity contribution in [3.05, 3.63) is 42.0 Å². The molecule has 10 heteroatoms. The molecule has 0 atom stereocenters. The second-order valence-electron chi connectivity index (χ2n) is 7.85. The molecule has 2 aromatic rings. The molecule has 1 fully saturated rings. The zero-order valence-electron chi connectivity index (χ0n) is 16.8. The van der Waals surface area contributed by atoms with E-state index in [-0.39, 0.29) is 17.1 Å². The average Bonchev–Trinajstić information content (AvgIpc) is 2.66. The maximum Gasteiger partial charge on any atom is 0.419 e. The van der Waals surface area contributed by atoms with Crippen LogP contribution in [0.25, 0.3) is 11.3 Å². The van der Waals surface area contributed by atoms with Gasteiger partial charge in [0.15, 0.2) is 5.82 Å². The lowest BCUT2D eigenvalue weighted by Crippen LogP contribution is -2.50. The molecule has 1 aromatic carbocycles. The summed E-state index contributed by atoms with van der Waals surface area (Å²) in [6, 6.07) is 3.07. The van der Waals surface area contributed by atoms with E-state index in [1.165, 1.54) is 18.5 Å². The van der Waals surface area contributed by atoms with Crippen LogP contribution in [0.5, 0.6) is 0 Å². The van der Waals surface area contributed by atoms with Crippen molar-refractivity contribution < 1.29 is 27.1 Å². The minimum absolute atomic E-state index is 0.0202. The van der Waals surface area contributed by atoms with E-state index in [0.717, 1.165) is 6.07 Å². The number of carbonyl (C=O) groups excluding carboxylic acids is 1. The lowest BCUT2D eigenvalue weighted by Gasteiger charge is -2.36. The van der Waals surface area contributed by atoms with Gasteiger partial charge in [0.1, 0.15) is 17.1 Å². The van der Waals surface area contributed by atoms with Gasteiger partial charge in [-0.3, -0.25) is 4.98 Å². The highest BCUT2D eigenvalue weighted by molar-refractivity contribution is 5.74. The minimum Gasteiger partial charge on any atom is -0.444 e. The number of benzene rings is 1. The summed E-state index contributed by atoms with van der Waals surface area (Å²) < 4.78 is 59.3. The number of piperazine rings is 1. The number of anilines is 1. The molecule has 0 N–H and O–H groups in total. The number of hydrogen-bond donors (Lipinski definition) is 0. The van der Waals surface area contributed by atoms with Crippen LogP contribution in [0.4, 0.5) is 28.2 Å². The van der Waals surface area contributed by atoms with E-state index in [9.17, 15) is 22.4 Å². The Bertz CT molecular complexity index is 920. The molecule has 0 unspecified atom stereocenters. The molecule has 162 valence electrons. The summed E-state index contributed by atoms with van der Waals surface area (Å²) in [6.07, 6.45) is -2.56. The van der Waals surface area contributed by atoms with Crippen molar-refractivity contribution in [1.82, 2.24) is 14.9 Å². The topological polar surface area (TPSA) is 58.6 Å². The molecule has 0 saturated carbocycles. The standard InChI is InChI=1S/C20H22F4N4O2/c1-19(2,3)30-18(29)28-11-9-27(10-12-28)17-16(25-7-8-26-17)13-5-4-6-14(15(13)21)20(22,23)24/h4-8H,9-12H2,1-3H3. The van der Waals surface area contributed by atoms with E-state index in [2.05, 4.69) is 9.97 Å².